The van der Waals surface area contributed by atoms with Gasteiger partial charge in [-0.2, -0.15) is 0 Å². The molecule has 0 spiro atoms. The van der Waals surface area contributed by atoms with Crippen LogP contribution in [0.4, 0.5) is 0 Å². The smallest absolute Gasteiger partial charge is 0.125 e. The summed E-state index contributed by atoms with van der Waals surface area (Å²) in [5.41, 5.74) is 2.43. The topological polar surface area (TPSA) is 9.23 Å². The van der Waals surface area contributed by atoms with E-state index < -0.39 is 0 Å². The summed E-state index contributed by atoms with van der Waals surface area (Å²) in [6.45, 7) is 8.66. The van der Waals surface area contributed by atoms with E-state index in [0.717, 1.165) is 12.2 Å². The first-order chi connectivity index (χ1) is 9.15. The van der Waals surface area contributed by atoms with Crippen molar-refractivity contribution in [3.63, 3.8) is 0 Å². The minimum absolute atomic E-state index is 0.293. The Bertz CT molecular complexity index is 374. The number of ether oxygens (including phenoxy) is 1. The molecule has 0 fully saturated rings. The summed E-state index contributed by atoms with van der Waals surface area (Å²) in [6, 6.07) is 10.4. The molecular weight excluding hydrogens is 232 g/mol. The Kier molecular flexibility index (Phi) is 7.32. The quantitative estimate of drug-likeness (QED) is 0.423. The van der Waals surface area contributed by atoms with E-state index in [1.165, 1.54) is 36.8 Å². The van der Waals surface area contributed by atoms with Gasteiger partial charge in [-0.1, -0.05) is 56.5 Å². The van der Waals surface area contributed by atoms with Gasteiger partial charge in [-0.25, -0.2) is 0 Å². The normalized spacial score (nSPS) is 12.0. The van der Waals surface area contributed by atoms with E-state index >= 15 is 0 Å². The Balaban J connectivity index is 2.54. The lowest BCUT2D eigenvalue weighted by molar-refractivity contribution is 0.170. The van der Waals surface area contributed by atoms with Gasteiger partial charge in [0.1, 0.15) is 5.76 Å². The van der Waals surface area contributed by atoms with E-state index in [1.54, 1.807) is 0 Å². The molecule has 19 heavy (non-hydrogen) atoms. The summed E-state index contributed by atoms with van der Waals surface area (Å²) < 4.78 is 6.16. The number of hydrogen-bond acceptors (Lipinski definition) is 1. The van der Waals surface area contributed by atoms with Crippen molar-refractivity contribution >= 4 is 5.76 Å². The molecule has 1 atom stereocenters. The fraction of sp³-hybridized carbons (Fsp3) is 0.556. The van der Waals surface area contributed by atoms with Crippen molar-refractivity contribution in [3.8, 4) is 0 Å². The van der Waals surface area contributed by atoms with Crippen LogP contribution in [-0.2, 0) is 4.74 Å². The molecule has 0 saturated heterocycles. The Labute approximate surface area is 118 Å². The van der Waals surface area contributed by atoms with E-state index in [4.69, 9.17) is 4.74 Å². The summed E-state index contributed by atoms with van der Waals surface area (Å²) in [4.78, 5) is 0. The minimum Gasteiger partial charge on any atom is -0.490 e. The lowest BCUT2D eigenvalue weighted by Gasteiger charge is -2.19. The first kappa shape index (κ1) is 15.8. The van der Waals surface area contributed by atoms with Gasteiger partial charge in [0.05, 0.1) is 6.10 Å². The van der Waals surface area contributed by atoms with Crippen molar-refractivity contribution in [2.45, 2.75) is 65.9 Å². The molecule has 1 heteroatoms. The van der Waals surface area contributed by atoms with Gasteiger partial charge in [-0.3, -0.25) is 0 Å². The van der Waals surface area contributed by atoms with E-state index in [0.29, 0.717) is 6.10 Å². The summed E-state index contributed by atoms with van der Waals surface area (Å²) in [5.74, 6) is 1.04. The van der Waals surface area contributed by atoms with E-state index in [9.17, 15) is 0 Å². The zero-order valence-electron chi connectivity index (χ0n) is 12.9. The Morgan fingerprint density at radius 2 is 1.74 bits per heavy atom. The lowest BCUT2D eigenvalue weighted by Crippen LogP contribution is -2.08. The monoisotopic (exact) mass is 260 g/mol. The number of hydrogen-bond donors (Lipinski definition) is 0. The average Bonchev–Trinajstić information content (AvgIpc) is 2.41. The molecule has 0 aliphatic rings. The summed E-state index contributed by atoms with van der Waals surface area (Å²) in [6.07, 6.45) is 6.64. The predicted octanol–water partition coefficient (Wildman–Crippen LogP) is 5.81. The van der Waals surface area contributed by atoms with Crippen LogP contribution in [-0.4, -0.2) is 6.10 Å². The first-order valence-electron chi connectivity index (χ1n) is 7.54. The molecule has 0 aliphatic carbocycles. The van der Waals surface area contributed by atoms with Crippen LogP contribution in [0.25, 0.3) is 5.76 Å². The molecule has 0 aliphatic heterocycles. The molecule has 0 N–H and O–H groups in total. The maximum atomic E-state index is 6.16. The minimum atomic E-state index is 0.293. The molecular formula is C18H28O. The van der Waals surface area contributed by atoms with Gasteiger partial charge in [0.25, 0.3) is 0 Å². The van der Waals surface area contributed by atoms with Gasteiger partial charge in [-0.05, 0) is 39.2 Å². The molecule has 1 nitrogen and oxygen atoms in total. The molecule has 106 valence electrons. The van der Waals surface area contributed by atoms with Crippen molar-refractivity contribution in [1.29, 1.82) is 0 Å². The van der Waals surface area contributed by atoms with Gasteiger partial charge in [-0.15, -0.1) is 0 Å². The number of allylic oxidation sites excluding steroid dienone is 1. The van der Waals surface area contributed by atoms with Gasteiger partial charge in [0.2, 0.25) is 0 Å². The van der Waals surface area contributed by atoms with Crippen LogP contribution >= 0.6 is 0 Å². The summed E-state index contributed by atoms with van der Waals surface area (Å²) >= 11 is 0. The third kappa shape index (κ3) is 5.96. The molecule has 0 heterocycles. The second-order valence-electron chi connectivity index (χ2n) is 5.47. The first-order valence-corrected chi connectivity index (χ1v) is 7.54. The Hall–Kier alpha value is -1.24. The van der Waals surface area contributed by atoms with Gasteiger partial charge >= 0.3 is 0 Å². The van der Waals surface area contributed by atoms with Crippen LogP contribution in [0.3, 0.4) is 0 Å². The maximum absolute atomic E-state index is 6.16. The average molecular weight is 260 g/mol. The summed E-state index contributed by atoms with van der Waals surface area (Å²) in [7, 11) is 0. The molecule has 0 aromatic heterocycles. The van der Waals surface area contributed by atoms with Crippen LogP contribution in [0.15, 0.2) is 35.9 Å². The highest BCUT2D eigenvalue weighted by molar-refractivity contribution is 5.62. The molecule has 1 rings (SSSR count). The van der Waals surface area contributed by atoms with Crippen LogP contribution in [0.1, 0.15) is 65.4 Å². The lowest BCUT2D eigenvalue weighted by atomic mass is 10.1. The van der Waals surface area contributed by atoms with Crippen molar-refractivity contribution in [2.24, 2.45) is 0 Å². The molecule has 0 saturated carbocycles. The fourth-order valence-corrected chi connectivity index (χ4v) is 2.18. The number of benzene rings is 1. The van der Waals surface area contributed by atoms with E-state index in [-0.39, 0.29) is 0 Å². The fourth-order valence-electron chi connectivity index (χ4n) is 2.18. The van der Waals surface area contributed by atoms with Crippen LogP contribution in [0, 0.1) is 0 Å². The molecule has 0 amide bonds. The van der Waals surface area contributed by atoms with Crippen molar-refractivity contribution in [2.75, 3.05) is 0 Å². The highest BCUT2D eigenvalue weighted by Gasteiger charge is 2.09. The Morgan fingerprint density at radius 3 is 2.32 bits per heavy atom. The molecule has 1 aromatic rings. The number of unbranched alkanes of at least 4 members (excludes halogenated alkanes) is 3. The van der Waals surface area contributed by atoms with Crippen LogP contribution in [0.2, 0.25) is 0 Å². The largest absolute Gasteiger partial charge is 0.490 e. The molecule has 0 radical (unpaired) electrons. The predicted molar refractivity (Wildman–Crippen MR) is 84.0 cm³/mol. The van der Waals surface area contributed by atoms with Crippen LogP contribution in [0.5, 0.6) is 0 Å². The molecule has 0 bridgehead atoms. The second kappa shape index (κ2) is 8.79. The van der Waals surface area contributed by atoms with E-state index in [1.807, 2.05) is 6.07 Å². The standard InChI is InChI=1S/C18H28O/c1-5-6-7-9-12-16(4)19-18(15(2)3)17-13-10-8-11-14-17/h8,10-11,13-14,16H,5-7,9,12H2,1-4H3/t16-/m0/s1. The zero-order valence-corrected chi connectivity index (χ0v) is 12.9. The third-order valence-corrected chi connectivity index (χ3v) is 3.27. The van der Waals surface area contributed by atoms with Gasteiger partial charge in [0, 0.05) is 5.56 Å². The SMILES string of the molecule is CCCCCC[C@H](C)OC(=C(C)C)c1ccccc1. The van der Waals surface area contributed by atoms with Gasteiger partial charge < -0.3 is 4.74 Å². The van der Waals surface area contributed by atoms with Gasteiger partial charge in [0.15, 0.2) is 0 Å². The van der Waals surface area contributed by atoms with Crippen LogP contribution < -0.4 is 0 Å². The van der Waals surface area contributed by atoms with E-state index in [2.05, 4.69) is 52.0 Å². The third-order valence-electron chi connectivity index (χ3n) is 3.27. The van der Waals surface area contributed by atoms with Crippen molar-refractivity contribution in [1.82, 2.24) is 0 Å². The molecule has 0 unspecified atom stereocenters. The second-order valence-corrected chi connectivity index (χ2v) is 5.47. The maximum Gasteiger partial charge on any atom is 0.125 e. The Morgan fingerprint density at radius 1 is 1.05 bits per heavy atom. The van der Waals surface area contributed by atoms with Crippen molar-refractivity contribution in [3.05, 3.63) is 41.5 Å². The highest BCUT2D eigenvalue weighted by Crippen LogP contribution is 2.23. The zero-order chi connectivity index (χ0) is 14.1. The summed E-state index contributed by atoms with van der Waals surface area (Å²) in [5, 5.41) is 0. The van der Waals surface area contributed by atoms with Crippen molar-refractivity contribution < 1.29 is 4.74 Å². The number of rotatable bonds is 8. The highest BCUT2D eigenvalue weighted by atomic mass is 16.5. The molecule has 1 aromatic carbocycles.